The lowest BCUT2D eigenvalue weighted by molar-refractivity contribution is -0.194. The molecule has 180 valence electrons. The number of hydrogen-bond acceptors (Lipinski definition) is 7. The monoisotopic (exact) mass is 473 g/mol. The molecular weight excluding hydrogens is 446 g/mol. The Morgan fingerprint density at radius 3 is 2.80 bits per heavy atom. The largest absolute Gasteiger partial charge is 0.504 e. The molecule has 2 aliphatic carbocycles. The molecule has 2 fully saturated rings. The fourth-order valence-electron chi connectivity index (χ4n) is 7.88. The number of piperidine rings is 1. The summed E-state index contributed by atoms with van der Waals surface area (Å²) in [5.74, 6) is -0.406. The third kappa shape index (κ3) is 2.25. The predicted molar refractivity (Wildman–Crippen MR) is 127 cm³/mol. The second-order valence-corrected chi connectivity index (χ2v) is 10.5. The highest BCUT2D eigenvalue weighted by Gasteiger charge is 2.74. The summed E-state index contributed by atoms with van der Waals surface area (Å²) in [7, 11) is 0. The molecule has 1 spiro atoms. The summed E-state index contributed by atoms with van der Waals surface area (Å²) in [5, 5.41) is 23.2. The normalized spacial score (nSPS) is 34.4. The van der Waals surface area contributed by atoms with Gasteiger partial charge in [-0.15, -0.1) is 6.58 Å². The molecule has 2 aromatic rings. The van der Waals surface area contributed by atoms with Crippen LogP contribution in [0, 0.1) is 0 Å². The fraction of sp³-hybridized carbons (Fsp3) is 0.407. The lowest BCUT2D eigenvalue weighted by atomic mass is 9.48. The maximum absolute atomic E-state index is 13.5. The summed E-state index contributed by atoms with van der Waals surface area (Å²) >= 11 is 0. The van der Waals surface area contributed by atoms with Gasteiger partial charge in [0.05, 0.1) is 28.2 Å². The van der Waals surface area contributed by atoms with Crippen LogP contribution >= 0.6 is 0 Å². The number of likely N-dealkylation sites (tertiary alicyclic amines) is 1. The van der Waals surface area contributed by atoms with E-state index >= 15 is 0 Å². The molecule has 5 aliphatic rings. The third-order valence-electron chi connectivity index (χ3n) is 9.22. The van der Waals surface area contributed by atoms with Gasteiger partial charge in [-0.2, -0.15) is 0 Å². The number of aromatic hydroxyl groups is 1. The van der Waals surface area contributed by atoms with Gasteiger partial charge in [0.15, 0.2) is 11.5 Å². The van der Waals surface area contributed by atoms with Crippen molar-refractivity contribution in [2.45, 2.75) is 54.9 Å². The topological polar surface area (TPSA) is 116 Å². The van der Waals surface area contributed by atoms with Gasteiger partial charge >= 0.3 is 0 Å². The summed E-state index contributed by atoms with van der Waals surface area (Å²) in [5.41, 5.74) is 6.83. The van der Waals surface area contributed by atoms with Crippen molar-refractivity contribution in [3.05, 3.63) is 65.2 Å². The van der Waals surface area contributed by atoms with Crippen LogP contribution in [0.15, 0.2) is 43.0 Å². The van der Waals surface area contributed by atoms with E-state index in [0.29, 0.717) is 43.5 Å². The quantitative estimate of drug-likeness (QED) is 0.355. The van der Waals surface area contributed by atoms with E-state index in [1.807, 2.05) is 12.1 Å². The van der Waals surface area contributed by atoms with Crippen molar-refractivity contribution in [3.8, 4) is 11.5 Å². The van der Waals surface area contributed by atoms with Crippen LogP contribution in [0.2, 0.25) is 0 Å². The van der Waals surface area contributed by atoms with Crippen LogP contribution in [0.25, 0.3) is 0 Å². The maximum atomic E-state index is 13.5. The number of nitrogens with two attached hydrogens (primary N) is 1. The van der Waals surface area contributed by atoms with E-state index in [1.54, 1.807) is 24.3 Å². The molecule has 1 saturated carbocycles. The Bertz CT molecular complexity index is 1340. The van der Waals surface area contributed by atoms with Crippen molar-refractivity contribution in [1.29, 1.82) is 0 Å². The van der Waals surface area contributed by atoms with E-state index < -0.39 is 29.1 Å². The first-order valence-electron chi connectivity index (χ1n) is 12.2. The predicted octanol–water partition coefficient (Wildman–Crippen LogP) is 1.98. The van der Waals surface area contributed by atoms with Crippen molar-refractivity contribution in [3.63, 3.8) is 0 Å². The molecule has 1 saturated heterocycles. The number of carbonyl (C=O) groups is 2. The second-order valence-electron chi connectivity index (χ2n) is 10.5. The van der Waals surface area contributed by atoms with Crippen LogP contribution in [0.3, 0.4) is 0 Å². The molecule has 3 heterocycles. The lowest BCUT2D eigenvalue weighted by Gasteiger charge is -2.64. The molecule has 3 aliphatic heterocycles. The number of phenols is 1. The highest BCUT2D eigenvalue weighted by atomic mass is 16.5. The van der Waals surface area contributed by atoms with Gasteiger partial charge in [0.2, 0.25) is 0 Å². The van der Waals surface area contributed by atoms with Crippen molar-refractivity contribution in [2.24, 2.45) is 0 Å². The molecule has 5 atom stereocenters. The average molecular weight is 474 g/mol. The Kier molecular flexibility index (Phi) is 3.98. The first-order chi connectivity index (χ1) is 16.8. The van der Waals surface area contributed by atoms with Crippen molar-refractivity contribution in [2.75, 3.05) is 18.8 Å². The zero-order valence-corrected chi connectivity index (χ0v) is 19.2. The Morgan fingerprint density at radius 1 is 1.20 bits per heavy atom. The van der Waals surface area contributed by atoms with Gasteiger partial charge in [0, 0.05) is 23.8 Å². The summed E-state index contributed by atoms with van der Waals surface area (Å²) in [4.78, 5) is 30.6. The number of imide groups is 1. The molecule has 0 radical (unpaired) electrons. The fourth-order valence-corrected chi connectivity index (χ4v) is 7.88. The third-order valence-corrected chi connectivity index (χ3v) is 9.22. The molecule has 7 rings (SSSR count). The number of fused-ring (bicyclic) bond motifs is 1. The van der Waals surface area contributed by atoms with Gasteiger partial charge in [-0.25, -0.2) is 0 Å². The number of nitrogens with zero attached hydrogens (tertiary/aromatic N) is 2. The SMILES string of the molecule is C=CCN1CC[C@]23c4c5ccc(O)c4O[C@H]2[C@H](N2C(=O)c4cccc(N)c4C2=O)CC[C@@]3(O)[C@H]1C5. The van der Waals surface area contributed by atoms with Crippen LogP contribution in [0.4, 0.5) is 5.69 Å². The summed E-state index contributed by atoms with van der Waals surface area (Å²) in [6.45, 7) is 5.28. The van der Waals surface area contributed by atoms with Crippen LogP contribution in [0.1, 0.15) is 51.1 Å². The van der Waals surface area contributed by atoms with E-state index in [2.05, 4.69) is 11.5 Å². The van der Waals surface area contributed by atoms with Gasteiger partial charge in [-0.05, 0) is 56.0 Å². The number of aliphatic hydroxyl groups is 1. The van der Waals surface area contributed by atoms with Crippen molar-refractivity contribution < 1.29 is 24.5 Å². The number of ether oxygens (including phenoxy) is 1. The molecule has 2 bridgehead atoms. The Balaban J connectivity index is 1.40. The van der Waals surface area contributed by atoms with Crippen LogP contribution in [-0.2, 0) is 11.8 Å². The summed E-state index contributed by atoms with van der Waals surface area (Å²) in [6.07, 6.45) is 3.23. The first kappa shape index (κ1) is 21.0. The number of carbonyl (C=O) groups excluding carboxylic acids is 2. The smallest absolute Gasteiger partial charge is 0.264 e. The van der Waals surface area contributed by atoms with Crippen molar-refractivity contribution >= 4 is 17.5 Å². The first-order valence-corrected chi connectivity index (χ1v) is 12.2. The molecular formula is C27H27N3O5. The highest BCUT2D eigenvalue weighted by molar-refractivity contribution is 6.23. The minimum absolute atomic E-state index is 0.0206. The summed E-state index contributed by atoms with van der Waals surface area (Å²) < 4.78 is 6.49. The van der Waals surface area contributed by atoms with Gasteiger partial charge in [-0.1, -0.05) is 18.2 Å². The number of phenolic OH excluding ortho intramolecular Hbond substituents is 1. The van der Waals surface area contributed by atoms with E-state index in [1.165, 1.54) is 4.90 Å². The Labute approximate surface area is 202 Å². The lowest BCUT2D eigenvalue weighted by Crippen LogP contribution is -2.78. The minimum Gasteiger partial charge on any atom is -0.504 e. The molecule has 0 unspecified atom stereocenters. The second kappa shape index (κ2) is 6.65. The average Bonchev–Trinajstić information content (AvgIpc) is 3.31. The number of amides is 2. The Morgan fingerprint density at radius 2 is 2.03 bits per heavy atom. The maximum Gasteiger partial charge on any atom is 0.264 e. The number of rotatable bonds is 3. The zero-order valence-electron chi connectivity index (χ0n) is 19.2. The van der Waals surface area contributed by atoms with Gasteiger partial charge in [-0.3, -0.25) is 19.4 Å². The van der Waals surface area contributed by atoms with Crippen LogP contribution < -0.4 is 10.5 Å². The van der Waals surface area contributed by atoms with Crippen LogP contribution in [-0.4, -0.2) is 68.7 Å². The van der Waals surface area contributed by atoms with Gasteiger partial charge in [0.25, 0.3) is 11.8 Å². The number of nitrogen functional groups attached to an aromatic ring is 1. The molecule has 2 aromatic carbocycles. The molecule has 8 nitrogen and oxygen atoms in total. The van der Waals surface area contributed by atoms with E-state index in [0.717, 1.165) is 17.7 Å². The molecule has 2 amide bonds. The number of benzene rings is 2. The summed E-state index contributed by atoms with van der Waals surface area (Å²) in [6, 6.07) is 7.74. The molecule has 8 heteroatoms. The van der Waals surface area contributed by atoms with E-state index in [-0.39, 0.29) is 28.9 Å². The van der Waals surface area contributed by atoms with Gasteiger partial charge < -0.3 is 20.7 Å². The standard InChI is InChI=1S/C27H27N3O5/c1-2-11-29-12-10-26-21-14-6-7-18(31)22(21)35-23(26)17(8-9-27(26,34)19(29)13-14)30-24(32)15-4-3-5-16(28)20(15)25(30)33/h2-7,17,19,23,31,34H,1,8-13,28H2/t17-,19-,23+,26+,27-/m1/s1. The molecule has 35 heavy (non-hydrogen) atoms. The van der Waals surface area contributed by atoms with Crippen LogP contribution in [0.5, 0.6) is 11.5 Å². The van der Waals surface area contributed by atoms with E-state index in [9.17, 15) is 19.8 Å². The molecule has 4 N–H and O–H groups in total. The highest BCUT2D eigenvalue weighted by Crippen LogP contribution is 2.66. The number of hydrogen-bond donors (Lipinski definition) is 3. The Hall–Kier alpha value is -3.36. The van der Waals surface area contributed by atoms with E-state index in [4.69, 9.17) is 10.5 Å². The number of anilines is 1. The molecule has 0 aromatic heterocycles. The zero-order chi connectivity index (χ0) is 24.3. The van der Waals surface area contributed by atoms with Gasteiger partial charge in [0.1, 0.15) is 6.10 Å². The minimum atomic E-state index is -1.13. The van der Waals surface area contributed by atoms with Crippen molar-refractivity contribution in [1.82, 2.24) is 9.80 Å².